The molecule has 7 heteroatoms. The maximum Gasteiger partial charge on any atom is 0.273 e. The molecule has 1 amide bonds. The predicted molar refractivity (Wildman–Crippen MR) is 133 cm³/mol. The lowest BCUT2D eigenvalue weighted by molar-refractivity contribution is -0.123. The summed E-state index contributed by atoms with van der Waals surface area (Å²) in [7, 11) is 0. The molecule has 0 radical (unpaired) electrons. The SMILES string of the molecule is CC(C)c1ccc(-n2c(=C(C#N)C(=O)N3CCCC3)sc(=Cc3cccc(Cl)c3)c2=O)cc1. The molecule has 4 rings (SSSR count). The van der Waals surface area contributed by atoms with Gasteiger partial charge in [0.1, 0.15) is 10.7 Å². The molecule has 2 aromatic carbocycles. The van der Waals surface area contributed by atoms with E-state index in [1.54, 1.807) is 23.1 Å². The number of hydrogen-bond acceptors (Lipinski definition) is 4. The van der Waals surface area contributed by atoms with Crippen LogP contribution in [0.3, 0.4) is 0 Å². The van der Waals surface area contributed by atoms with Gasteiger partial charge in [-0.3, -0.25) is 14.2 Å². The van der Waals surface area contributed by atoms with Gasteiger partial charge in [0, 0.05) is 18.1 Å². The van der Waals surface area contributed by atoms with Gasteiger partial charge >= 0.3 is 0 Å². The minimum Gasteiger partial charge on any atom is -0.338 e. The van der Waals surface area contributed by atoms with E-state index in [4.69, 9.17) is 11.6 Å². The number of thiazole rings is 1. The quantitative estimate of drug-likeness (QED) is 0.574. The number of hydrogen-bond donors (Lipinski definition) is 0. The lowest BCUT2D eigenvalue weighted by Gasteiger charge is -2.14. The third-order valence-corrected chi connectivity index (χ3v) is 7.05. The summed E-state index contributed by atoms with van der Waals surface area (Å²) in [5, 5.41) is 10.5. The number of nitriles is 1. The van der Waals surface area contributed by atoms with Crippen LogP contribution in [0.4, 0.5) is 0 Å². The Balaban J connectivity index is 1.99. The van der Waals surface area contributed by atoms with Crippen molar-refractivity contribution in [3.05, 3.63) is 84.2 Å². The van der Waals surface area contributed by atoms with Gasteiger partial charge in [-0.2, -0.15) is 5.26 Å². The Morgan fingerprint density at radius 3 is 2.45 bits per heavy atom. The van der Waals surface area contributed by atoms with Crippen LogP contribution in [-0.4, -0.2) is 28.5 Å². The number of amides is 1. The fraction of sp³-hybridized carbons (Fsp3) is 0.269. The van der Waals surface area contributed by atoms with Gasteiger partial charge in [-0.15, -0.1) is 11.3 Å². The summed E-state index contributed by atoms with van der Waals surface area (Å²) in [5.41, 5.74) is 2.28. The lowest BCUT2D eigenvalue weighted by Crippen LogP contribution is -2.35. The average molecular weight is 478 g/mol. The first-order valence-electron chi connectivity index (χ1n) is 10.9. The molecule has 1 aliphatic heterocycles. The Morgan fingerprint density at radius 2 is 1.85 bits per heavy atom. The molecular weight excluding hydrogens is 454 g/mol. The molecule has 1 saturated heterocycles. The van der Waals surface area contributed by atoms with E-state index in [1.165, 1.54) is 4.57 Å². The summed E-state index contributed by atoms with van der Waals surface area (Å²) in [4.78, 5) is 28.4. The number of carbonyl (C=O) groups excluding carboxylic acids is 1. The highest BCUT2D eigenvalue weighted by Gasteiger charge is 2.24. The van der Waals surface area contributed by atoms with Crippen molar-refractivity contribution in [2.45, 2.75) is 32.6 Å². The maximum absolute atomic E-state index is 13.5. The van der Waals surface area contributed by atoms with Crippen molar-refractivity contribution in [2.75, 3.05) is 13.1 Å². The van der Waals surface area contributed by atoms with Crippen LogP contribution in [0.15, 0.2) is 53.3 Å². The van der Waals surface area contributed by atoms with Crippen molar-refractivity contribution in [3.63, 3.8) is 0 Å². The van der Waals surface area contributed by atoms with E-state index < -0.39 is 0 Å². The second-order valence-electron chi connectivity index (χ2n) is 8.34. The topological polar surface area (TPSA) is 66.1 Å². The van der Waals surface area contributed by atoms with Crippen molar-refractivity contribution >= 4 is 40.5 Å². The summed E-state index contributed by atoms with van der Waals surface area (Å²) in [6, 6.07) is 17.0. The van der Waals surface area contributed by atoms with E-state index >= 15 is 0 Å². The molecule has 1 fully saturated rings. The number of halogens is 1. The minimum absolute atomic E-state index is 0.00215. The molecule has 168 valence electrons. The minimum atomic E-state index is -0.321. The van der Waals surface area contributed by atoms with E-state index in [-0.39, 0.29) is 17.0 Å². The molecule has 0 atom stereocenters. The lowest BCUT2D eigenvalue weighted by atomic mass is 10.0. The molecule has 0 saturated carbocycles. The third kappa shape index (κ3) is 4.80. The fourth-order valence-electron chi connectivity index (χ4n) is 3.91. The second-order valence-corrected chi connectivity index (χ2v) is 9.81. The van der Waals surface area contributed by atoms with E-state index in [0.29, 0.717) is 38.9 Å². The maximum atomic E-state index is 13.5. The summed E-state index contributed by atoms with van der Waals surface area (Å²) in [6.45, 7) is 5.46. The molecule has 0 bridgehead atoms. The van der Waals surface area contributed by atoms with Crippen molar-refractivity contribution in [2.24, 2.45) is 0 Å². The van der Waals surface area contributed by atoms with Crippen LogP contribution in [0.2, 0.25) is 5.02 Å². The summed E-state index contributed by atoms with van der Waals surface area (Å²) in [5.74, 6) is 0.0283. The van der Waals surface area contributed by atoms with E-state index in [0.717, 1.165) is 35.3 Å². The van der Waals surface area contributed by atoms with Crippen LogP contribution in [0, 0.1) is 11.3 Å². The zero-order valence-corrected chi connectivity index (χ0v) is 20.1. The van der Waals surface area contributed by atoms with Crippen LogP contribution in [-0.2, 0) is 4.79 Å². The molecule has 33 heavy (non-hydrogen) atoms. The summed E-state index contributed by atoms with van der Waals surface area (Å²) < 4.78 is 2.27. The third-order valence-electron chi connectivity index (χ3n) is 5.72. The van der Waals surface area contributed by atoms with Gasteiger partial charge in [0.2, 0.25) is 0 Å². The van der Waals surface area contributed by atoms with Crippen molar-refractivity contribution in [3.8, 4) is 11.8 Å². The van der Waals surface area contributed by atoms with Crippen LogP contribution in [0.25, 0.3) is 17.3 Å². The molecule has 1 aromatic heterocycles. The highest BCUT2D eigenvalue weighted by Crippen LogP contribution is 2.17. The van der Waals surface area contributed by atoms with Gasteiger partial charge in [-0.25, -0.2) is 0 Å². The van der Waals surface area contributed by atoms with Crippen molar-refractivity contribution < 1.29 is 4.79 Å². The Kier molecular flexibility index (Phi) is 6.83. The first kappa shape index (κ1) is 23.0. The van der Waals surface area contributed by atoms with Gasteiger partial charge in [0.25, 0.3) is 11.5 Å². The largest absolute Gasteiger partial charge is 0.338 e. The number of nitrogens with zero attached hydrogens (tertiary/aromatic N) is 3. The second kappa shape index (κ2) is 9.78. The standard InChI is InChI=1S/C26H24ClN3O2S/c1-17(2)19-8-10-21(11-9-19)30-25(32)23(15-18-6-5-7-20(27)14-18)33-26(30)22(16-28)24(31)29-12-3-4-13-29/h5-11,14-15,17H,3-4,12-13H2,1-2H3. The average Bonchev–Trinajstić information content (AvgIpc) is 3.44. The highest BCUT2D eigenvalue weighted by atomic mass is 35.5. The van der Waals surface area contributed by atoms with Gasteiger partial charge < -0.3 is 4.90 Å². The van der Waals surface area contributed by atoms with Gasteiger partial charge in [0.15, 0.2) is 5.57 Å². The molecular formula is C26H24ClN3O2S. The summed E-state index contributed by atoms with van der Waals surface area (Å²) in [6.07, 6.45) is 3.59. The zero-order chi connectivity index (χ0) is 23.5. The fourth-order valence-corrected chi connectivity index (χ4v) is 5.20. The van der Waals surface area contributed by atoms with Crippen LogP contribution in [0.1, 0.15) is 43.7 Å². The Hall–Kier alpha value is -3.14. The van der Waals surface area contributed by atoms with Gasteiger partial charge in [-0.1, -0.05) is 49.7 Å². The van der Waals surface area contributed by atoms with Crippen LogP contribution >= 0.6 is 22.9 Å². The molecule has 2 heterocycles. The van der Waals surface area contributed by atoms with E-state index in [9.17, 15) is 14.9 Å². The molecule has 0 spiro atoms. The summed E-state index contributed by atoms with van der Waals surface area (Å²) >= 11 is 7.27. The number of aromatic nitrogens is 1. The molecule has 0 aliphatic carbocycles. The normalized spacial score (nSPS) is 15.1. The first-order valence-corrected chi connectivity index (χ1v) is 12.1. The Bertz CT molecular complexity index is 1410. The van der Waals surface area contributed by atoms with Crippen LogP contribution in [0.5, 0.6) is 0 Å². The van der Waals surface area contributed by atoms with Crippen molar-refractivity contribution in [1.82, 2.24) is 9.47 Å². The zero-order valence-electron chi connectivity index (χ0n) is 18.5. The molecule has 1 aliphatic rings. The van der Waals surface area contributed by atoms with Gasteiger partial charge in [0.05, 0.1) is 10.2 Å². The monoisotopic (exact) mass is 477 g/mol. The van der Waals surface area contributed by atoms with E-state index in [1.807, 2.05) is 36.4 Å². The molecule has 3 aromatic rings. The highest BCUT2D eigenvalue weighted by molar-refractivity contribution is 7.07. The molecule has 5 nitrogen and oxygen atoms in total. The number of rotatable bonds is 4. The Labute approximate surface area is 201 Å². The van der Waals surface area contributed by atoms with E-state index in [2.05, 4.69) is 19.9 Å². The number of benzene rings is 2. The van der Waals surface area contributed by atoms with Gasteiger partial charge in [-0.05, 0) is 60.2 Å². The van der Waals surface area contributed by atoms with Crippen LogP contribution < -0.4 is 14.8 Å². The predicted octanol–water partition coefficient (Wildman–Crippen LogP) is 3.80. The Morgan fingerprint density at radius 1 is 1.15 bits per heavy atom. The smallest absolute Gasteiger partial charge is 0.273 e. The molecule has 0 N–H and O–H groups in total. The van der Waals surface area contributed by atoms with Crippen molar-refractivity contribution in [1.29, 1.82) is 5.26 Å². The number of likely N-dealkylation sites (tertiary alicyclic amines) is 1. The molecule has 0 unspecified atom stereocenters. The first-order chi connectivity index (χ1) is 15.9. The number of carbonyl (C=O) groups is 1.